The Bertz CT molecular complexity index is 3320. The van der Waals surface area contributed by atoms with Gasteiger partial charge in [0.05, 0.1) is 22.8 Å². The minimum atomic E-state index is 0.135. The number of furan rings is 1. The number of aromatic nitrogens is 5. The number of hydrogen-bond donors (Lipinski definition) is 1. The Morgan fingerprint density at radius 2 is 1.32 bits per heavy atom. The first-order valence-electron chi connectivity index (χ1n) is 20.5. The van der Waals surface area contributed by atoms with Crippen LogP contribution in [-0.2, 0) is 0 Å². The number of para-hydroxylation sites is 2. The summed E-state index contributed by atoms with van der Waals surface area (Å²) in [7, 11) is 0. The van der Waals surface area contributed by atoms with Crippen molar-refractivity contribution in [1.82, 2.24) is 24.9 Å². The maximum absolute atomic E-state index is 6.80. The Kier molecular flexibility index (Phi) is 7.98. The van der Waals surface area contributed by atoms with E-state index >= 15 is 0 Å². The molecule has 284 valence electrons. The second kappa shape index (κ2) is 14.0. The fourth-order valence-electron chi connectivity index (χ4n) is 9.05. The van der Waals surface area contributed by atoms with E-state index in [-0.39, 0.29) is 12.0 Å². The molecule has 60 heavy (non-hydrogen) atoms. The fraction of sp³-hybridized carbons (Fsp3) is 0.0755. The monoisotopic (exact) mass is 772 g/mol. The van der Waals surface area contributed by atoms with E-state index in [9.17, 15) is 0 Å². The quantitative estimate of drug-likeness (QED) is 0.186. The average molecular weight is 773 g/mol. The summed E-state index contributed by atoms with van der Waals surface area (Å²) in [4.78, 5) is 25.7. The van der Waals surface area contributed by atoms with Crippen LogP contribution in [0.15, 0.2) is 180 Å². The van der Waals surface area contributed by atoms with Gasteiger partial charge >= 0.3 is 0 Å². The van der Waals surface area contributed by atoms with Gasteiger partial charge in [-0.25, -0.2) is 24.9 Å². The highest BCUT2D eigenvalue weighted by Crippen LogP contribution is 2.45. The van der Waals surface area contributed by atoms with Gasteiger partial charge in [-0.1, -0.05) is 152 Å². The lowest BCUT2D eigenvalue weighted by atomic mass is 9.85. The van der Waals surface area contributed by atoms with E-state index in [2.05, 4.69) is 127 Å². The van der Waals surface area contributed by atoms with Crippen molar-refractivity contribution in [1.29, 1.82) is 0 Å². The van der Waals surface area contributed by atoms with Gasteiger partial charge in [-0.15, -0.1) is 0 Å². The molecule has 0 radical (unpaired) electrons. The Balaban J connectivity index is 1.02. The van der Waals surface area contributed by atoms with Crippen LogP contribution in [0.25, 0.3) is 95.0 Å². The number of rotatable bonds is 5. The van der Waals surface area contributed by atoms with Crippen LogP contribution in [0.2, 0.25) is 0 Å². The van der Waals surface area contributed by atoms with Crippen molar-refractivity contribution in [3.05, 3.63) is 187 Å². The molecule has 0 amide bonds. The topological polar surface area (TPSA) is 89.6 Å². The second-order valence-electron chi connectivity index (χ2n) is 15.5. The average Bonchev–Trinajstić information content (AvgIpc) is 3.64. The highest BCUT2D eigenvalue weighted by Gasteiger charge is 2.29. The number of nitrogens with zero attached hydrogens (tertiary/aromatic N) is 5. The molecular weight excluding hydrogens is 737 g/mol. The zero-order chi connectivity index (χ0) is 39.6. The summed E-state index contributed by atoms with van der Waals surface area (Å²) in [5.74, 6) is 2.70. The van der Waals surface area contributed by atoms with Gasteiger partial charge in [-0.05, 0) is 48.2 Å². The van der Waals surface area contributed by atoms with Crippen molar-refractivity contribution in [3.63, 3.8) is 0 Å². The number of allylic oxidation sites excluding steroid dienone is 6. The van der Waals surface area contributed by atoms with E-state index in [1.54, 1.807) is 0 Å². The van der Waals surface area contributed by atoms with Crippen molar-refractivity contribution in [3.8, 4) is 56.5 Å². The van der Waals surface area contributed by atoms with Crippen molar-refractivity contribution in [2.45, 2.75) is 24.8 Å². The first-order valence-corrected chi connectivity index (χ1v) is 20.5. The Morgan fingerprint density at radius 1 is 0.550 bits per heavy atom. The van der Waals surface area contributed by atoms with Gasteiger partial charge in [0.25, 0.3) is 0 Å². The maximum Gasteiger partial charge on any atom is 0.164 e. The predicted octanol–water partition coefficient (Wildman–Crippen LogP) is 12.8. The van der Waals surface area contributed by atoms with E-state index in [0.29, 0.717) is 28.9 Å². The van der Waals surface area contributed by atoms with E-state index in [1.165, 1.54) is 16.7 Å². The summed E-state index contributed by atoms with van der Waals surface area (Å²) in [5, 5.41) is 6.74. The molecule has 2 aliphatic carbocycles. The van der Waals surface area contributed by atoms with Crippen LogP contribution < -0.4 is 5.32 Å². The fourth-order valence-corrected chi connectivity index (χ4v) is 9.05. The summed E-state index contributed by atoms with van der Waals surface area (Å²) in [6.07, 6.45) is 17.3. The third-order valence-corrected chi connectivity index (χ3v) is 11.9. The molecule has 0 spiro atoms. The van der Waals surface area contributed by atoms with Crippen LogP contribution >= 0.6 is 0 Å². The summed E-state index contributed by atoms with van der Waals surface area (Å²) in [5.41, 5.74) is 12.6. The molecule has 9 aromatic rings. The van der Waals surface area contributed by atoms with Crippen LogP contribution in [0, 0.1) is 0 Å². The van der Waals surface area contributed by atoms with E-state index in [1.807, 2.05) is 54.6 Å². The van der Waals surface area contributed by atoms with Gasteiger partial charge in [-0.2, -0.15) is 0 Å². The number of fused-ring (bicyclic) bond motifs is 9. The smallest absolute Gasteiger partial charge is 0.164 e. The zero-order valence-corrected chi connectivity index (χ0v) is 32.5. The second-order valence-corrected chi connectivity index (χ2v) is 15.5. The number of nitrogens with one attached hydrogen (secondary N) is 1. The molecule has 12 rings (SSSR count). The minimum Gasteiger partial charge on any atom is -0.455 e. The SMILES string of the molecule is C1=CC2Nc3cc(-c4nc(-c5cccc6c5oc5cccc(-c7nc(C8=CCCC=C8)nc(-c8ccccc8)n7)c56)nc5ccccc45)ccc3-c3ccccc3C2C=C1. The first-order chi connectivity index (χ1) is 29.7. The maximum atomic E-state index is 6.80. The van der Waals surface area contributed by atoms with Gasteiger partial charge in [0.1, 0.15) is 11.2 Å². The third kappa shape index (κ3) is 5.69. The minimum absolute atomic E-state index is 0.135. The normalized spacial score (nSPS) is 16.6. The molecule has 4 heterocycles. The van der Waals surface area contributed by atoms with E-state index < -0.39 is 0 Å². The van der Waals surface area contributed by atoms with E-state index in [0.717, 1.165) is 79.3 Å². The highest BCUT2D eigenvalue weighted by molar-refractivity contribution is 6.15. The van der Waals surface area contributed by atoms with Crippen molar-refractivity contribution >= 4 is 44.1 Å². The van der Waals surface area contributed by atoms with Gasteiger partial charge in [0.15, 0.2) is 23.3 Å². The van der Waals surface area contributed by atoms with Crippen LogP contribution in [-0.4, -0.2) is 31.0 Å². The number of benzene rings is 6. The summed E-state index contributed by atoms with van der Waals surface area (Å²) >= 11 is 0. The molecule has 0 saturated heterocycles. The van der Waals surface area contributed by atoms with Crippen LogP contribution in [0.1, 0.15) is 30.1 Å². The molecule has 1 N–H and O–H groups in total. The van der Waals surface area contributed by atoms with Crippen LogP contribution in [0.3, 0.4) is 0 Å². The summed E-state index contributed by atoms with van der Waals surface area (Å²) < 4.78 is 6.80. The highest BCUT2D eigenvalue weighted by atomic mass is 16.3. The summed E-state index contributed by atoms with van der Waals surface area (Å²) in [6, 6.07) is 46.2. The molecule has 7 nitrogen and oxygen atoms in total. The third-order valence-electron chi connectivity index (χ3n) is 11.9. The summed E-state index contributed by atoms with van der Waals surface area (Å²) in [6.45, 7) is 0. The van der Waals surface area contributed by atoms with Gasteiger partial charge in [0, 0.05) is 55.6 Å². The molecule has 3 aromatic heterocycles. The molecule has 3 aliphatic rings. The Hall–Kier alpha value is -7.77. The van der Waals surface area contributed by atoms with Gasteiger partial charge in [-0.3, -0.25) is 0 Å². The molecule has 7 heteroatoms. The lowest BCUT2D eigenvalue weighted by Gasteiger charge is -2.24. The Morgan fingerprint density at radius 3 is 2.25 bits per heavy atom. The zero-order valence-electron chi connectivity index (χ0n) is 32.5. The van der Waals surface area contributed by atoms with Gasteiger partial charge in [0.2, 0.25) is 0 Å². The number of hydrogen-bond acceptors (Lipinski definition) is 7. The van der Waals surface area contributed by atoms with Crippen LogP contribution in [0.5, 0.6) is 0 Å². The molecule has 0 fully saturated rings. The van der Waals surface area contributed by atoms with Crippen LogP contribution in [0.4, 0.5) is 5.69 Å². The Labute approximate surface area is 346 Å². The predicted molar refractivity (Wildman–Crippen MR) is 242 cm³/mol. The largest absolute Gasteiger partial charge is 0.455 e. The molecule has 0 saturated carbocycles. The molecule has 2 unspecified atom stereocenters. The van der Waals surface area contributed by atoms with Crippen molar-refractivity contribution < 1.29 is 4.42 Å². The van der Waals surface area contributed by atoms with Gasteiger partial charge < -0.3 is 9.73 Å². The first kappa shape index (κ1) is 34.3. The molecular formula is C53H36N6O. The lowest BCUT2D eigenvalue weighted by Crippen LogP contribution is -2.24. The molecule has 2 atom stereocenters. The molecule has 6 aromatic carbocycles. The molecule has 1 aliphatic heterocycles. The van der Waals surface area contributed by atoms with E-state index in [4.69, 9.17) is 29.3 Å². The van der Waals surface area contributed by atoms with Crippen molar-refractivity contribution in [2.24, 2.45) is 0 Å². The molecule has 0 bridgehead atoms. The lowest BCUT2D eigenvalue weighted by molar-refractivity contribution is 0.669. The van der Waals surface area contributed by atoms with Crippen molar-refractivity contribution in [2.75, 3.05) is 5.32 Å². The number of anilines is 1. The standard InChI is InChI=1S/C53H36N6O/c1-3-15-32(16-4-1)50-57-51(33-17-5-2-6-18-33)59-52(58-50)41-24-14-28-46-47(41)40-23-13-25-42(49(40)60-46)53-55-44-27-12-10-22-39(44)48(56-53)34-29-30-38-36-20-8-7-19-35(36)37-21-9-11-26-43(37)54-45(38)31-34/h1,3-5,7-31,37,43,54H,2,6H2.